The Morgan fingerprint density at radius 3 is 3.21 bits per heavy atom. The third kappa shape index (κ3) is 2.22. The molecular formula is C11H15NOS. The summed E-state index contributed by atoms with van der Waals surface area (Å²) in [6, 6.07) is 4.37. The van der Waals surface area contributed by atoms with Crippen molar-refractivity contribution >= 4 is 17.6 Å². The van der Waals surface area contributed by atoms with E-state index in [4.69, 9.17) is 0 Å². The van der Waals surface area contributed by atoms with Crippen LogP contribution in [0, 0.1) is 0 Å². The second kappa shape index (κ2) is 4.71. The van der Waals surface area contributed by atoms with E-state index in [-0.39, 0.29) is 6.04 Å². The Morgan fingerprint density at radius 1 is 1.57 bits per heavy atom. The van der Waals surface area contributed by atoms with Crippen LogP contribution < -0.4 is 0 Å². The fourth-order valence-corrected chi connectivity index (χ4v) is 2.70. The Morgan fingerprint density at radius 2 is 2.50 bits per heavy atom. The molecule has 0 spiro atoms. The van der Waals surface area contributed by atoms with Gasteiger partial charge in [-0.2, -0.15) is 0 Å². The summed E-state index contributed by atoms with van der Waals surface area (Å²) in [5.74, 6) is 0. The van der Waals surface area contributed by atoms with Gasteiger partial charge >= 0.3 is 0 Å². The number of hydrogen-bond acceptors (Lipinski definition) is 3. The van der Waals surface area contributed by atoms with E-state index in [1.165, 1.54) is 17.7 Å². The van der Waals surface area contributed by atoms with Crippen molar-refractivity contribution in [3.63, 3.8) is 0 Å². The van der Waals surface area contributed by atoms with Gasteiger partial charge in [0.25, 0.3) is 0 Å². The minimum Gasteiger partial charge on any atom is -0.302 e. The molecule has 1 atom stereocenters. The van der Waals surface area contributed by atoms with E-state index in [1.807, 2.05) is 0 Å². The number of rotatable bonds is 3. The second-order valence-electron chi connectivity index (χ2n) is 3.75. The first-order valence-electron chi connectivity index (χ1n) is 5.12. The number of carbonyl (C=O) groups is 1. The van der Waals surface area contributed by atoms with E-state index in [0.717, 1.165) is 25.8 Å². The van der Waals surface area contributed by atoms with E-state index < -0.39 is 0 Å². The number of aldehydes is 1. The molecule has 0 aromatic carbocycles. The average molecular weight is 209 g/mol. The lowest BCUT2D eigenvalue weighted by atomic mass is 10.0. The van der Waals surface area contributed by atoms with Gasteiger partial charge in [-0.05, 0) is 30.8 Å². The van der Waals surface area contributed by atoms with Crippen molar-refractivity contribution in [3.05, 3.63) is 22.4 Å². The van der Waals surface area contributed by atoms with Gasteiger partial charge < -0.3 is 4.79 Å². The first kappa shape index (κ1) is 9.87. The van der Waals surface area contributed by atoms with Crippen molar-refractivity contribution in [2.24, 2.45) is 0 Å². The van der Waals surface area contributed by atoms with Crippen molar-refractivity contribution in [1.82, 2.24) is 4.90 Å². The smallest absolute Gasteiger partial charge is 0.137 e. The van der Waals surface area contributed by atoms with Crippen molar-refractivity contribution in [3.8, 4) is 0 Å². The molecule has 2 rings (SSSR count). The fourth-order valence-electron chi connectivity index (χ4n) is 1.97. The number of thiophene rings is 1. The van der Waals surface area contributed by atoms with Crippen molar-refractivity contribution in [2.75, 3.05) is 6.54 Å². The third-order valence-corrected chi connectivity index (χ3v) is 3.62. The Labute approximate surface area is 88.5 Å². The molecule has 1 saturated heterocycles. The van der Waals surface area contributed by atoms with Crippen molar-refractivity contribution < 1.29 is 4.79 Å². The first-order valence-corrected chi connectivity index (χ1v) is 6.00. The predicted molar refractivity (Wildman–Crippen MR) is 58.4 cm³/mol. The highest BCUT2D eigenvalue weighted by Crippen LogP contribution is 2.20. The Hall–Kier alpha value is -0.670. The number of nitrogens with zero attached hydrogens (tertiary/aromatic N) is 1. The zero-order chi connectivity index (χ0) is 9.80. The summed E-state index contributed by atoms with van der Waals surface area (Å²) in [6.07, 6.45) is 4.57. The molecule has 14 heavy (non-hydrogen) atoms. The molecule has 0 radical (unpaired) electrons. The molecule has 1 aliphatic heterocycles. The molecular weight excluding hydrogens is 194 g/mol. The molecule has 76 valence electrons. The van der Waals surface area contributed by atoms with Crippen LogP contribution >= 0.6 is 11.3 Å². The quantitative estimate of drug-likeness (QED) is 0.712. The summed E-state index contributed by atoms with van der Waals surface area (Å²) < 4.78 is 0. The van der Waals surface area contributed by atoms with Gasteiger partial charge in [-0.15, -0.1) is 11.3 Å². The Bertz CT molecular complexity index is 283. The van der Waals surface area contributed by atoms with Gasteiger partial charge in [0.2, 0.25) is 0 Å². The molecule has 2 nitrogen and oxygen atoms in total. The van der Waals surface area contributed by atoms with Gasteiger partial charge in [0, 0.05) is 11.4 Å². The number of hydrogen-bond donors (Lipinski definition) is 0. The van der Waals surface area contributed by atoms with Crippen LogP contribution in [0.1, 0.15) is 24.1 Å². The summed E-state index contributed by atoms with van der Waals surface area (Å²) >= 11 is 1.77. The first-order chi connectivity index (χ1) is 6.90. The van der Waals surface area contributed by atoms with Crippen LogP contribution in [0.15, 0.2) is 17.5 Å². The van der Waals surface area contributed by atoms with Gasteiger partial charge in [-0.1, -0.05) is 12.5 Å². The van der Waals surface area contributed by atoms with E-state index in [2.05, 4.69) is 22.4 Å². The molecule has 1 aromatic rings. The maximum atomic E-state index is 10.9. The summed E-state index contributed by atoms with van der Waals surface area (Å²) in [7, 11) is 0. The van der Waals surface area contributed by atoms with Gasteiger partial charge in [0.15, 0.2) is 0 Å². The lowest BCUT2D eigenvalue weighted by molar-refractivity contribution is -0.113. The largest absolute Gasteiger partial charge is 0.302 e. The summed E-state index contributed by atoms with van der Waals surface area (Å²) in [5, 5.41) is 2.09. The van der Waals surface area contributed by atoms with Crippen LogP contribution in [0.3, 0.4) is 0 Å². The number of carbonyl (C=O) groups excluding carboxylic acids is 1. The Kier molecular flexibility index (Phi) is 3.32. The summed E-state index contributed by atoms with van der Waals surface area (Å²) in [5.41, 5.74) is 0. The molecule has 3 heteroatoms. The van der Waals surface area contributed by atoms with E-state index in [9.17, 15) is 4.79 Å². The van der Waals surface area contributed by atoms with Crippen LogP contribution in [0.5, 0.6) is 0 Å². The van der Waals surface area contributed by atoms with Crippen molar-refractivity contribution in [1.29, 1.82) is 0 Å². The molecule has 2 heterocycles. The lowest BCUT2D eigenvalue weighted by Gasteiger charge is -2.31. The van der Waals surface area contributed by atoms with E-state index >= 15 is 0 Å². The molecule has 1 fully saturated rings. The SMILES string of the molecule is O=CC1CCCCN1Cc1cccs1. The van der Waals surface area contributed by atoms with Gasteiger partial charge in [0.05, 0.1) is 6.04 Å². The highest BCUT2D eigenvalue weighted by Gasteiger charge is 2.21. The second-order valence-corrected chi connectivity index (χ2v) is 4.78. The molecule has 1 aliphatic rings. The van der Waals surface area contributed by atoms with Crippen LogP contribution in [0.2, 0.25) is 0 Å². The normalized spacial score (nSPS) is 23.6. The topological polar surface area (TPSA) is 20.3 Å². The van der Waals surface area contributed by atoms with Gasteiger partial charge in [-0.3, -0.25) is 4.90 Å². The Balaban J connectivity index is 1.98. The lowest BCUT2D eigenvalue weighted by Crippen LogP contribution is -2.39. The minimum absolute atomic E-state index is 0.158. The molecule has 0 aliphatic carbocycles. The van der Waals surface area contributed by atoms with Crippen LogP contribution in [0.25, 0.3) is 0 Å². The van der Waals surface area contributed by atoms with Crippen LogP contribution in [-0.4, -0.2) is 23.8 Å². The molecule has 0 amide bonds. The highest BCUT2D eigenvalue weighted by molar-refractivity contribution is 7.09. The average Bonchev–Trinajstić information content (AvgIpc) is 2.71. The van der Waals surface area contributed by atoms with Crippen molar-refractivity contribution in [2.45, 2.75) is 31.8 Å². The zero-order valence-electron chi connectivity index (χ0n) is 8.19. The highest BCUT2D eigenvalue weighted by atomic mass is 32.1. The maximum Gasteiger partial charge on any atom is 0.137 e. The minimum atomic E-state index is 0.158. The molecule has 1 aromatic heterocycles. The zero-order valence-corrected chi connectivity index (χ0v) is 9.00. The third-order valence-electron chi connectivity index (χ3n) is 2.76. The maximum absolute atomic E-state index is 10.9. The molecule has 0 N–H and O–H groups in total. The van der Waals surface area contributed by atoms with E-state index in [1.54, 1.807) is 11.3 Å². The van der Waals surface area contributed by atoms with E-state index in [0.29, 0.717) is 0 Å². The van der Waals surface area contributed by atoms with Crippen LogP contribution in [0.4, 0.5) is 0 Å². The molecule has 0 saturated carbocycles. The van der Waals surface area contributed by atoms with Crippen LogP contribution in [-0.2, 0) is 11.3 Å². The number of likely N-dealkylation sites (tertiary alicyclic amines) is 1. The summed E-state index contributed by atoms with van der Waals surface area (Å²) in [4.78, 5) is 14.5. The summed E-state index contributed by atoms with van der Waals surface area (Å²) in [6.45, 7) is 2.02. The number of piperidine rings is 1. The van der Waals surface area contributed by atoms with Gasteiger partial charge in [0.1, 0.15) is 6.29 Å². The van der Waals surface area contributed by atoms with Gasteiger partial charge in [-0.25, -0.2) is 0 Å². The predicted octanol–water partition coefficient (Wildman–Crippen LogP) is 2.30. The standard InChI is InChI=1S/C11H15NOS/c13-9-10-4-1-2-6-12(10)8-11-5-3-7-14-11/h3,5,7,9-10H,1-2,4,6,8H2. The monoisotopic (exact) mass is 209 g/mol. The fraction of sp³-hybridized carbons (Fsp3) is 0.545. The molecule has 0 bridgehead atoms. The molecule has 1 unspecified atom stereocenters.